The number of hydrogen-bond acceptors (Lipinski definition) is 4. The van der Waals surface area contributed by atoms with Gasteiger partial charge < -0.3 is 20.1 Å². The summed E-state index contributed by atoms with van der Waals surface area (Å²) in [6.07, 6.45) is 3.82. The molecule has 0 atom stereocenters. The third-order valence-electron chi connectivity index (χ3n) is 4.74. The number of nitrogen functional groups attached to an aromatic ring is 1. The molecular weight excluding hydrogens is 352 g/mol. The maximum absolute atomic E-state index is 12.3. The number of benzene rings is 1. The predicted molar refractivity (Wildman–Crippen MR) is 117 cm³/mol. The van der Waals surface area contributed by atoms with Crippen molar-refractivity contribution < 1.29 is 14.3 Å². The van der Waals surface area contributed by atoms with Crippen LogP contribution in [0.1, 0.15) is 85.3 Å². The fourth-order valence-corrected chi connectivity index (χ4v) is 3.58. The lowest BCUT2D eigenvalue weighted by molar-refractivity contribution is 0.0204. The van der Waals surface area contributed by atoms with Gasteiger partial charge in [-0.1, -0.05) is 20.8 Å². The van der Waals surface area contributed by atoms with E-state index in [1.165, 1.54) is 11.1 Å². The second-order valence-corrected chi connectivity index (χ2v) is 8.75. The number of aryl methyl sites for hydroxylation is 1. The summed E-state index contributed by atoms with van der Waals surface area (Å²) >= 11 is 0. The number of piperidine rings is 1. The molecule has 1 aromatic rings. The van der Waals surface area contributed by atoms with Crippen LogP contribution in [-0.4, -0.2) is 35.8 Å². The Kier molecular flexibility index (Phi) is 8.65. The SMILES string of the molecule is C.CCCc1cc(N)c(OC(C)C)cc1C1CCN(C(=O)OC(C)(C)C)CC1. The average Bonchev–Trinajstić information content (AvgIpc) is 2.56. The fraction of sp³-hybridized carbons (Fsp3) is 0.696. The van der Waals surface area contributed by atoms with Gasteiger partial charge in [0, 0.05) is 13.1 Å². The number of anilines is 1. The van der Waals surface area contributed by atoms with Gasteiger partial charge in [0.05, 0.1) is 11.8 Å². The van der Waals surface area contributed by atoms with Gasteiger partial charge in [-0.2, -0.15) is 0 Å². The molecule has 0 aromatic heterocycles. The van der Waals surface area contributed by atoms with Crippen molar-refractivity contribution in [3.05, 3.63) is 23.3 Å². The molecule has 2 N–H and O–H groups in total. The highest BCUT2D eigenvalue weighted by Gasteiger charge is 2.29. The molecule has 2 rings (SSSR count). The number of ether oxygens (including phenoxy) is 2. The first-order chi connectivity index (χ1) is 12.6. The van der Waals surface area contributed by atoms with E-state index in [1.54, 1.807) is 0 Å². The van der Waals surface area contributed by atoms with Crippen LogP contribution in [0.25, 0.3) is 0 Å². The van der Waals surface area contributed by atoms with Crippen molar-refractivity contribution >= 4 is 11.8 Å². The molecule has 0 radical (unpaired) electrons. The van der Waals surface area contributed by atoms with E-state index in [1.807, 2.05) is 39.5 Å². The number of amides is 1. The molecule has 0 spiro atoms. The van der Waals surface area contributed by atoms with Gasteiger partial charge in [-0.25, -0.2) is 4.79 Å². The van der Waals surface area contributed by atoms with E-state index in [2.05, 4.69) is 19.1 Å². The minimum atomic E-state index is -0.456. The fourth-order valence-electron chi connectivity index (χ4n) is 3.58. The molecule has 1 aliphatic heterocycles. The minimum absolute atomic E-state index is 0. The first-order valence-electron chi connectivity index (χ1n) is 10.2. The van der Waals surface area contributed by atoms with Gasteiger partial charge in [0.25, 0.3) is 0 Å². The summed E-state index contributed by atoms with van der Waals surface area (Å²) in [6.45, 7) is 13.4. The molecule has 1 heterocycles. The van der Waals surface area contributed by atoms with Gasteiger partial charge >= 0.3 is 6.09 Å². The molecule has 5 heteroatoms. The maximum Gasteiger partial charge on any atom is 0.410 e. The molecular formula is C23H40N2O3. The van der Waals surface area contributed by atoms with E-state index in [0.717, 1.165) is 44.5 Å². The molecule has 1 fully saturated rings. The highest BCUT2D eigenvalue weighted by molar-refractivity contribution is 5.68. The first kappa shape index (κ1) is 24.1. The highest BCUT2D eigenvalue weighted by atomic mass is 16.6. The topological polar surface area (TPSA) is 64.8 Å². The largest absolute Gasteiger partial charge is 0.489 e. The van der Waals surface area contributed by atoms with E-state index in [4.69, 9.17) is 15.2 Å². The number of carbonyl (C=O) groups excluding carboxylic acids is 1. The number of rotatable bonds is 5. The van der Waals surface area contributed by atoms with Gasteiger partial charge in [0.1, 0.15) is 11.4 Å². The Balaban J connectivity index is 0.00000392. The van der Waals surface area contributed by atoms with Crippen molar-refractivity contribution in [1.82, 2.24) is 4.90 Å². The number of hydrogen-bond donors (Lipinski definition) is 1. The third kappa shape index (κ3) is 6.61. The Morgan fingerprint density at radius 3 is 2.36 bits per heavy atom. The van der Waals surface area contributed by atoms with Crippen LogP contribution >= 0.6 is 0 Å². The van der Waals surface area contributed by atoms with Gasteiger partial charge in [-0.3, -0.25) is 0 Å². The lowest BCUT2D eigenvalue weighted by Gasteiger charge is -2.34. The molecule has 28 heavy (non-hydrogen) atoms. The van der Waals surface area contributed by atoms with E-state index >= 15 is 0 Å². The Bertz CT molecular complexity index is 642. The van der Waals surface area contributed by atoms with Crippen molar-refractivity contribution in [1.29, 1.82) is 0 Å². The minimum Gasteiger partial charge on any atom is -0.489 e. The van der Waals surface area contributed by atoms with Gasteiger partial charge in [0.2, 0.25) is 0 Å². The lowest BCUT2D eigenvalue weighted by Crippen LogP contribution is -2.41. The summed E-state index contributed by atoms with van der Waals surface area (Å²) in [4.78, 5) is 14.1. The number of likely N-dealkylation sites (tertiary alicyclic amines) is 1. The van der Waals surface area contributed by atoms with Crippen molar-refractivity contribution in [2.75, 3.05) is 18.8 Å². The maximum atomic E-state index is 12.3. The Morgan fingerprint density at radius 2 is 1.86 bits per heavy atom. The second-order valence-electron chi connectivity index (χ2n) is 8.75. The van der Waals surface area contributed by atoms with Crippen LogP contribution in [0.15, 0.2) is 12.1 Å². The van der Waals surface area contributed by atoms with E-state index in [0.29, 0.717) is 11.6 Å². The number of nitrogens with two attached hydrogens (primary N) is 1. The smallest absolute Gasteiger partial charge is 0.410 e. The quantitative estimate of drug-likeness (QED) is 0.647. The van der Waals surface area contributed by atoms with Crippen LogP contribution in [-0.2, 0) is 11.2 Å². The molecule has 0 unspecified atom stereocenters. The Morgan fingerprint density at radius 1 is 1.25 bits per heavy atom. The normalized spacial score (nSPS) is 15.3. The van der Waals surface area contributed by atoms with Crippen LogP contribution in [0.5, 0.6) is 5.75 Å². The van der Waals surface area contributed by atoms with E-state index in [9.17, 15) is 4.79 Å². The Hall–Kier alpha value is -1.91. The van der Waals surface area contributed by atoms with Crippen LogP contribution in [0, 0.1) is 0 Å². The summed E-state index contributed by atoms with van der Waals surface area (Å²) in [5.41, 5.74) is 9.11. The van der Waals surface area contributed by atoms with Crippen molar-refractivity contribution in [3.63, 3.8) is 0 Å². The summed E-state index contributed by atoms with van der Waals surface area (Å²) in [6, 6.07) is 4.21. The molecule has 5 nitrogen and oxygen atoms in total. The summed E-state index contributed by atoms with van der Waals surface area (Å²) < 4.78 is 11.4. The molecule has 0 bridgehead atoms. The molecule has 0 aliphatic carbocycles. The highest BCUT2D eigenvalue weighted by Crippen LogP contribution is 2.37. The average molecular weight is 393 g/mol. The standard InChI is InChI=1S/C22H36N2O3.CH4/c1-7-8-17-13-19(23)20(26-15(2)3)14-18(17)16-9-11-24(12-10-16)21(25)27-22(4,5)6;/h13-16H,7-12,23H2,1-6H3;1H4. The van der Waals surface area contributed by atoms with E-state index in [-0.39, 0.29) is 19.6 Å². The number of carbonyl (C=O) groups is 1. The van der Waals surface area contributed by atoms with Crippen LogP contribution in [0.2, 0.25) is 0 Å². The second kappa shape index (κ2) is 10.0. The predicted octanol–water partition coefficient (Wildman–Crippen LogP) is 5.76. The molecule has 1 amide bonds. The van der Waals surface area contributed by atoms with Crippen molar-refractivity contribution in [2.45, 2.75) is 92.3 Å². The van der Waals surface area contributed by atoms with Gasteiger partial charge in [0.15, 0.2) is 0 Å². The number of nitrogens with zero attached hydrogens (tertiary/aromatic N) is 1. The zero-order valence-electron chi connectivity index (χ0n) is 17.8. The molecule has 160 valence electrons. The monoisotopic (exact) mass is 392 g/mol. The summed E-state index contributed by atoms with van der Waals surface area (Å²) in [5, 5.41) is 0. The molecule has 1 aliphatic rings. The van der Waals surface area contributed by atoms with Gasteiger partial charge in [-0.15, -0.1) is 0 Å². The van der Waals surface area contributed by atoms with Crippen LogP contribution in [0.3, 0.4) is 0 Å². The van der Waals surface area contributed by atoms with Gasteiger partial charge in [-0.05, 0) is 83.1 Å². The first-order valence-corrected chi connectivity index (χ1v) is 10.2. The summed E-state index contributed by atoms with van der Waals surface area (Å²) in [5.74, 6) is 1.19. The van der Waals surface area contributed by atoms with Crippen molar-refractivity contribution in [3.8, 4) is 5.75 Å². The van der Waals surface area contributed by atoms with Crippen LogP contribution < -0.4 is 10.5 Å². The molecule has 0 saturated carbocycles. The van der Waals surface area contributed by atoms with E-state index < -0.39 is 5.60 Å². The zero-order valence-corrected chi connectivity index (χ0v) is 17.8. The Labute approximate surface area is 171 Å². The summed E-state index contributed by atoms with van der Waals surface area (Å²) in [7, 11) is 0. The zero-order chi connectivity index (χ0) is 20.2. The molecule has 1 saturated heterocycles. The third-order valence-corrected chi connectivity index (χ3v) is 4.74. The lowest BCUT2D eigenvalue weighted by atomic mass is 9.85. The van der Waals surface area contributed by atoms with Crippen LogP contribution in [0.4, 0.5) is 10.5 Å². The molecule has 1 aromatic carbocycles. The van der Waals surface area contributed by atoms with Crippen molar-refractivity contribution in [2.24, 2.45) is 0 Å².